The summed E-state index contributed by atoms with van der Waals surface area (Å²) in [6, 6.07) is 9.94. The van der Waals surface area contributed by atoms with Gasteiger partial charge in [-0.05, 0) is 37.6 Å². The van der Waals surface area contributed by atoms with Crippen molar-refractivity contribution in [1.82, 2.24) is 5.32 Å². The molecule has 2 aromatic rings. The van der Waals surface area contributed by atoms with Crippen LogP contribution in [-0.2, 0) is 6.42 Å². The molecular formula is C17H18ClF2N. The third-order valence-electron chi connectivity index (χ3n) is 3.39. The van der Waals surface area contributed by atoms with E-state index in [1.807, 2.05) is 32.0 Å². The van der Waals surface area contributed by atoms with Gasteiger partial charge in [-0.25, -0.2) is 8.78 Å². The van der Waals surface area contributed by atoms with Crippen LogP contribution in [0.2, 0.25) is 5.02 Å². The van der Waals surface area contributed by atoms with Crippen molar-refractivity contribution in [3.8, 4) is 0 Å². The van der Waals surface area contributed by atoms with Gasteiger partial charge in [-0.3, -0.25) is 0 Å². The van der Waals surface area contributed by atoms with Crippen LogP contribution in [0.1, 0.15) is 29.7 Å². The van der Waals surface area contributed by atoms with Crippen molar-refractivity contribution in [1.29, 1.82) is 0 Å². The van der Waals surface area contributed by atoms with E-state index in [2.05, 4.69) is 11.4 Å². The van der Waals surface area contributed by atoms with Gasteiger partial charge in [-0.2, -0.15) is 0 Å². The van der Waals surface area contributed by atoms with E-state index in [0.29, 0.717) is 18.5 Å². The third kappa shape index (κ3) is 4.02. The summed E-state index contributed by atoms with van der Waals surface area (Å²) in [5, 5.41) is 3.01. The van der Waals surface area contributed by atoms with Crippen molar-refractivity contribution in [3.63, 3.8) is 0 Å². The van der Waals surface area contributed by atoms with Crippen LogP contribution in [-0.4, -0.2) is 6.54 Å². The minimum atomic E-state index is -0.597. The van der Waals surface area contributed by atoms with Crippen LogP contribution in [0.4, 0.5) is 8.78 Å². The van der Waals surface area contributed by atoms with Crippen molar-refractivity contribution >= 4 is 11.6 Å². The largest absolute Gasteiger partial charge is 0.310 e. The van der Waals surface area contributed by atoms with Gasteiger partial charge in [0.15, 0.2) is 0 Å². The maximum absolute atomic E-state index is 14.1. The summed E-state index contributed by atoms with van der Waals surface area (Å²) in [6.07, 6.45) is 0.591. The molecule has 4 heteroatoms. The van der Waals surface area contributed by atoms with Gasteiger partial charge in [0.05, 0.1) is 5.02 Å². The maximum atomic E-state index is 14.1. The number of aryl methyl sites for hydroxylation is 1. The second-order valence-electron chi connectivity index (χ2n) is 5.09. The number of nitrogens with one attached hydrogen (secondary N) is 1. The quantitative estimate of drug-likeness (QED) is 0.781. The molecule has 1 nitrogen and oxygen atoms in total. The highest BCUT2D eigenvalue weighted by Crippen LogP contribution is 2.26. The molecule has 0 heterocycles. The zero-order chi connectivity index (χ0) is 15.4. The highest BCUT2D eigenvalue weighted by atomic mass is 35.5. The lowest BCUT2D eigenvalue weighted by Gasteiger charge is -2.20. The molecule has 0 saturated heterocycles. The average molecular weight is 310 g/mol. The summed E-state index contributed by atoms with van der Waals surface area (Å²) in [4.78, 5) is 0. The molecule has 2 rings (SSSR count). The lowest BCUT2D eigenvalue weighted by Crippen LogP contribution is -2.24. The maximum Gasteiger partial charge on any atom is 0.142 e. The predicted octanol–water partition coefficient (Wildman–Crippen LogP) is 4.82. The normalized spacial score (nSPS) is 12.4. The molecule has 1 atom stereocenters. The van der Waals surface area contributed by atoms with Crippen LogP contribution in [0.3, 0.4) is 0 Å². The predicted molar refractivity (Wildman–Crippen MR) is 82.7 cm³/mol. The summed E-state index contributed by atoms with van der Waals surface area (Å²) in [5.41, 5.74) is 2.53. The van der Waals surface area contributed by atoms with Crippen LogP contribution in [0.25, 0.3) is 0 Å². The fourth-order valence-electron chi connectivity index (χ4n) is 2.42. The molecule has 0 saturated carbocycles. The summed E-state index contributed by atoms with van der Waals surface area (Å²) in [5.74, 6) is -1.08. The number of rotatable bonds is 5. The van der Waals surface area contributed by atoms with E-state index >= 15 is 0 Å². The Labute approximate surface area is 128 Å². The molecule has 112 valence electrons. The van der Waals surface area contributed by atoms with Gasteiger partial charge in [-0.15, -0.1) is 0 Å². The molecule has 1 unspecified atom stereocenters. The molecule has 0 aromatic heterocycles. The van der Waals surface area contributed by atoms with Gasteiger partial charge < -0.3 is 5.32 Å². The Bertz CT molecular complexity index is 628. The number of halogens is 3. The number of hydrogen-bond donors (Lipinski definition) is 1. The van der Waals surface area contributed by atoms with Crippen molar-refractivity contribution in [3.05, 3.63) is 69.7 Å². The highest BCUT2D eigenvalue weighted by molar-refractivity contribution is 6.30. The molecule has 21 heavy (non-hydrogen) atoms. The molecule has 1 N–H and O–H groups in total. The van der Waals surface area contributed by atoms with E-state index in [9.17, 15) is 8.78 Å². The lowest BCUT2D eigenvalue weighted by atomic mass is 9.97. The van der Waals surface area contributed by atoms with Gasteiger partial charge in [0.25, 0.3) is 0 Å². The van der Waals surface area contributed by atoms with Crippen molar-refractivity contribution in [2.45, 2.75) is 26.3 Å². The fraction of sp³-hybridized carbons (Fsp3) is 0.294. The first-order valence-electron chi connectivity index (χ1n) is 6.94. The zero-order valence-corrected chi connectivity index (χ0v) is 12.8. The van der Waals surface area contributed by atoms with Crippen molar-refractivity contribution in [2.75, 3.05) is 6.54 Å². The van der Waals surface area contributed by atoms with Crippen molar-refractivity contribution in [2.24, 2.45) is 0 Å². The second kappa shape index (κ2) is 7.01. The third-order valence-corrected chi connectivity index (χ3v) is 3.68. The smallest absolute Gasteiger partial charge is 0.142 e. The van der Waals surface area contributed by atoms with Crippen LogP contribution < -0.4 is 5.32 Å². The van der Waals surface area contributed by atoms with Gasteiger partial charge >= 0.3 is 0 Å². The standard InChI is InChI=1S/C17H18ClF2N/c1-3-21-17(8-12-6-4-5-11(2)7-12)13-9-16(20)14(18)10-15(13)19/h4-7,9-10,17,21H,3,8H2,1-2H3. The zero-order valence-electron chi connectivity index (χ0n) is 12.1. The Morgan fingerprint density at radius 3 is 2.57 bits per heavy atom. The van der Waals surface area contributed by atoms with Crippen LogP contribution in [0.5, 0.6) is 0 Å². The Morgan fingerprint density at radius 1 is 1.14 bits per heavy atom. The Morgan fingerprint density at radius 2 is 1.90 bits per heavy atom. The SMILES string of the molecule is CCNC(Cc1cccc(C)c1)c1cc(F)c(Cl)cc1F. The Hall–Kier alpha value is -1.45. The van der Waals surface area contributed by atoms with Gasteiger partial charge in [0, 0.05) is 11.6 Å². The first-order chi connectivity index (χ1) is 10.0. The van der Waals surface area contributed by atoms with E-state index in [1.165, 1.54) is 6.07 Å². The topological polar surface area (TPSA) is 12.0 Å². The average Bonchev–Trinajstić information content (AvgIpc) is 2.42. The van der Waals surface area contributed by atoms with Crippen LogP contribution >= 0.6 is 11.6 Å². The number of likely N-dealkylation sites (N-methyl/N-ethyl adjacent to an activating group) is 1. The molecule has 0 bridgehead atoms. The second-order valence-corrected chi connectivity index (χ2v) is 5.50. The fourth-order valence-corrected chi connectivity index (χ4v) is 2.57. The molecule has 0 aliphatic rings. The van der Waals surface area contributed by atoms with E-state index < -0.39 is 11.6 Å². The van der Waals surface area contributed by atoms with Crippen LogP contribution in [0.15, 0.2) is 36.4 Å². The molecule has 0 aliphatic heterocycles. The van der Waals surface area contributed by atoms with E-state index in [4.69, 9.17) is 11.6 Å². The monoisotopic (exact) mass is 309 g/mol. The van der Waals surface area contributed by atoms with Gasteiger partial charge in [0.1, 0.15) is 11.6 Å². The summed E-state index contributed by atoms with van der Waals surface area (Å²) >= 11 is 5.61. The first kappa shape index (κ1) is 15.9. The molecule has 0 spiro atoms. The summed E-state index contributed by atoms with van der Waals surface area (Å²) in [7, 11) is 0. The van der Waals surface area contributed by atoms with Gasteiger partial charge in [-0.1, -0.05) is 48.4 Å². The molecule has 0 amide bonds. The highest BCUT2D eigenvalue weighted by Gasteiger charge is 2.18. The molecule has 2 aromatic carbocycles. The summed E-state index contributed by atoms with van der Waals surface area (Å²) in [6.45, 7) is 4.61. The molecule has 0 fully saturated rings. The number of hydrogen-bond acceptors (Lipinski definition) is 1. The van der Waals surface area contributed by atoms with Crippen LogP contribution in [0, 0.1) is 18.6 Å². The van der Waals surface area contributed by atoms with Crippen molar-refractivity contribution < 1.29 is 8.78 Å². The van der Waals surface area contributed by atoms with Gasteiger partial charge in [0.2, 0.25) is 0 Å². The van der Waals surface area contributed by atoms with E-state index in [0.717, 1.165) is 17.2 Å². The van der Waals surface area contributed by atoms with E-state index in [1.54, 1.807) is 0 Å². The number of benzene rings is 2. The molecule has 0 aliphatic carbocycles. The summed E-state index contributed by atoms with van der Waals surface area (Å²) < 4.78 is 27.7. The lowest BCUT2D eigenvalue weighted by molar-refractivity contribution is 0.502. The molecule has 0 radical (unpaired) electrons. The minimum absolute atomic E-state index is 0.193. The molecular weight excluding hydrogens is 292 g/mol. The first-order valence-corrected chi connectivity index (χ1v) is 7.32. The Balaban J connectivity index is 2.33. The van der Waals surface area contributed by atoms with E-state index in [-0.39, 0.29) is 11.1 Å². The Kier molecular flexibility index (Phi) is 5.32. The minimum Gasteiger partial charge on any atom is -0.310 e.